The number of nitrogens with zero attached hydrogens (tertiary/aromatic N) is 1. The smallest absolute Gasteiger partial charge is 1.00 e. The predicted molar refractivity (Wildman–Crippen MR) is 165 cm³/mol. The van der Waals surface area contributed by atoms with Crippen LogP contribution in [-0.4, -0.2) is 12.6 Å². The van der Waals surface area contributed by atoms with Gasteiger partial charge in [-0.3, -0.25) is 0 Å². The standard InChI is InChI=1S/C20H21.C16H17NSi.2ClH.Zr/c1-3-4-6-16-9-11-17(12-10-16)19-8-5-7-18-13-15(2)14-20(18)19;1-11-15-13-9-17(12-7-5-4-6-8-12)10-14(13)16(11)18(15,2)3;;;/h5,7-14H,3-4,6H2,1-2H3;4-10,15H,1-3H3;2*1H;/q;;;;+2/p-2. The Hall–Kier alpha value is -1.90. The van der Waals surface area contributed by atoms with Crippen molar-refractivity contribution in [1.29, 1.82) is 0 Å². The first kappa shape index (κ1) is 32.0. The van der Waals surface area contributed by atoms with Crippen LogP contribution in [0.25, 0.3) is 28.1 Å². The predicted octanol–water partition coefficient (Wildman–Crippen LogP) is 3.86. The summed E-state index contributed by atoms with van der Waals surface area (Å²) < 4.78 is 2.93. The first-order valence-electron chi connectivity index (χ1n) is 14.4. The van der Waals surface area contributed by atoms with Crippen LogP contribution < -0.4 is 24.8 Å². The van der Waals surface area contributed by atoms with Crippen molar-refractivity contribution in [2.75, 3.05) is 0 Å². The maximum absolute atomic E-state index is 2.51. The molecule has 3 heterocycles. The number of hydrogen-bond donors (Lipinski definition) is 0. The molecule has 0 saturated heterocycles. The Labute approximate surface area is 274 Å². The molecule has 2 bridgehead atoms. The molecule has 3 aromatic carbocycles. The molecule has 1 nitrogen and oxygen atoms in total. The maximum atomic E-state index is 2.51. The van der Waals surface area contributed by atoms with Crippen LogP contribution in [0.2, 0.25) is 13.1 Å². The van der Waals surface area contributed by atoms with E-state index in [1.165, 1.54) is 63.9 Å². The summed E-state index contributed by atoms with van der Waals surface area (Å²) >= 11 is 1.59. The number of para-hydroxylation sites is 1. The number of halogens is 2. The van der Waals surface area contributed by atoms with E-state index in [0.29, 0.717) is 3.63 Å². The van der Waals surface area contributed by atoms with Gasteiger partial charge in [0.15, 0.2) is 0 Å². The Balaban J connectivity index is 0.000000182. The zero-order valence-electron chi connectivity index (χ0n) is 24.6. The number of aryl methyl sites for hydroxylation is 1. The van der Waals surface area contributed by atoms with Gasteiger partial charge in [0, 0.05) is 23.6 Å². The SMILES string of the molecule is CC1=C2c3cn(-c4ccccc4)cc3C1[Si]2(C)C.CCCCc1ccc(-c2cccc3c2C=C(C)[CH]3[Zr+2])cc1.[Cl-].[Cl-]. The van der Waals surface area contributed by atoms with Gasteiger partial charge in [-0.15, -0.1) is 0 Å². The van der Waals surface area contributed by atoms with Crippen LogP contribution in [0.3, 0.4) is 0 Å². The third-order valence-electron chi connectivity index (χ3n) is 9.05. The normalized spacial score (nSPS) is 18.7. The molecule has 8 rings (SSSR count). The fourth-order valence-electron chi connectivity index (χ4n) is 7.14. The molecule has 0 amide bonds. The first-order chi connectivity index (χ1) is 18.8. The Morgan fingerprint density at radius 3 is 2.15 bits per heavy atom. The van der Waals surface area contributed by atoms with Crippen LogP contribution in [0.1, 0.15) is 70.6 Å². The molecule has 0 spiro atoms. The van der Waals surface area contributed by atoms with Crippen LogP contribution in [-0.2, 0) is 31.1 Å². The average Bonchev–Trinajstić information content (AvgIpc) is 3.63. The summed E-state index contributed by atoms with van der Waals surface area (Å²) in [4.78, 5) is 0. The van der Waals surface area contributed by atoms with Crippen LogP contribution >= 0.6 is 0 Å². The zero-order chi connectivity index (χ0) is 27.3. The number of hydrogen-bond acceptors (Lipinski definition) is 0. The molecule has 0 saturated carbocycles. The average molecular weight is 675 g/mol. The summed E-state index contributed by atoms with van der Waals surface area (Å²) in [5.74, 6) is 0. The number of rotatable bonds is 5. The molecule has 209 valence electrons. The molecule has 2 aliphatic carbocycles. The summed E-state index contributed by atoms with van der Waals surface area (Å²) in [5, 5.41) is 1.72. The van der Waals surface area contributed by atoms with Gasteiger partial charge in [0.2, 0.25) is 0 Å². The fraction of sp³-hybridized carbons (Fsp3) is 0.278. The van der Waals surface area contributed by atoms with E-state index in [9.17, 15) is 0 Å². The van der Waals surface area contributed by atoms with Gasteiger partial charge in [-0.1, -0.05) is 42.1 Å². The van der Waals surface area contributed by atoms with Crippen LogP contribution in [0, 0.1) is 0 Å². The third-order valence-corrected chi connectivity index (χ3v) is 15.1. The van der Waals surface area contributed by atoms with Gasteiger partial charge in [-0.25, -0.2) is 0 Å². The molecular weight excluding hydrogens is 637 g/mol. The van der Waals surface area contributed by atoms with Crippen molar-refractivity contribution in [1.82, 2.24) is 4.57 Å². The number of fused-ring (bicyclic) bond motifs is 1. The summed E-state index contributed by atoms with van der Waals surface area (Å²) in [7, 11) is -1.12. The molecule has 1 aromatic heterocycles. The molecule has 5 heteroatoms. The van der Waals surface area contributed by atoms with Crippen molar-refractivity contribution in [3.8, 4) is 16.8 Å². The summed E-state index contributed by atoms with van der Waals surface area (Å²) in [6.45, 7) is 11.8. The molecule has 2 unspecified atom stereocenters. The van der Waals surface area contributed by atoms with Gasteiger partial charge in [0.05, 0.1) is 8.07 Å². The number of unbranched alkanes of at least 4 members (excludes halogenated alkanes) is 1. The largest absolute Gasteiger partial charge is 1.00 e. The van der Waals surface area contributed by atoms with Gasteiger partial charge >= 0.3 is 143 Å². The summed E-state index contributed by atoms with van der Waals surface area (Å²) in [6.07, 6.45) is 10.8. The molecule has 0 N–H and O–H groups in total. The van der Waals surface area contributed by atoms with E-state index in [4.69, 9.17) is 0 Å². The van der Waals surface area contributed by atoms with Gasteiger partial charge in [-0.05, 0) is 30.2 Å². The van der Waals surface area contributed by atoms with Crippen molar-refractivity contribution in [2.45, 2.75) is 62.3 Å². The van der Waals surface area contributed by atoms with Crippen molar-refractivity contribution >= 4 is 19.3 Å². The molecule has 2 aliphatic heterocycles. The molecule has 41 heavy (non-hydrogen) atoms. The van der Waals surface area contributed by atoms with E-state index in [1.54, 1.807) is 41.1 Å². The van der Waals surface area contributed by atoms with E-state index in [1.807, 2.05) is 0 Å². The molecule has 0 radical (unpaired) electrons. The second-order valence-corrected chi connectivity index (χ2v) is 18.0. The Kier molecular flexibility index (Phi) is 9.97. The monoisotopic (exact) mass is 672 g/mol. The molecule has 0 fully saturated rings. The first-order valence-corrected chi connectivity index (χ1v) is 18.9. The zero-order valence-corrected chi connectivity index (χ0v) is 29.6. The van der Waals surface area contributed by atoms with Gasteiger partial charge < -0.3 is 29.4 Å². The quantitative estimate of drug-likeness (QED) is 0.284. The topological polar surface area (TPSA) is 4.93 Å². The Morgan fingerprint density at radius 2 is 1.51 bits per heavy atom. The van der Waals surface area contributed by atoms with Crippen LogP contribution in [0.15, 0.2) is 96.3 Å². The molecule has 4 aromatic rings. The van der Waals surface area contributed by atoms with Crippen molar-refractivity contribution < 1.29 is 49.5 Å². The maximum Gasteiger partial charge on any atom is -1.00 e. The minimum atomic E-state index is -1.12. The Morgan fingerprint density at radius 1 is 0.805 bits per heavy atom. The second kappa shape index (κ2) is 12.8. The number of benzene rings is 3. The van der Waals surface area contributed by atoms with E-state index >= 15 is 0 Å². The van der Waals surface area contributed by atoms with Gasteiger partial charge in [0.1, 0.15) is 0 Å². The molecule has 4 aliphatic rings. The fourth-order valence-corrected chi connectivity index (χ4v) is 12.3. The number of aromatic nitrogens is 1. The summed E-state index contributed by atoms with van der Waals surface area (Å²) in [5.41, 5.74) is 15.5. The van der Waals surface area contributed by atoms with E-state index in [0.717, 1.165) is 5.54 Å². The number of allylic oxidation sites excluding steroid dienone is 2. The minimum Gasteiger partial charge on any atom is -1.00 e. The van der Waals surface area contributed by atoms with Crippen molar-refractivity contribution in [3.05, 3.63) is 124 Å². The Bertz CT molecular complexity index is 1600. The van der Waals surface area contributed by atoms with Gasteiger partial charge in [-0.2, -0.15) is 0 Å². The minimum absolute atomic E-state index is 0. The van der Waals surface area contributed by atoms with E-state index in [-0.39, 0.29) is 24.8 Å². The van der Waals surface area contributed by atoms with Crippen molar-refractivity contribution in [2.24, 2.45) is 0 Å². The van der Waals surface area contributed by atoms with E-state index in [2.05, 4.69) is 130 Å². The van der Waals surface area contributed by atoms with Crippen LogP contribution in [0.5, 0.6) is 0 Å². The molecular formula is C36H38Cl2NSiZr. The molecule has 2 atom stereocenters. The van der Waals surface area contributed by atoms with E-state index < -0.39 is 8.07 Å². The third kappa shape index (κ3) is 5.61. The summed E-state index contributed by atoms with van der Waals surface area (Å²) in [6, 6.07) is 26.6. The van der Waals surface area contributed by atoms with Crippen LogP contribution in [0.4, 0.5) is 0 Å². The van der Waals surface area contributed by atoms with Crippen molar-refractivity contribution in [3.63, 3.8) is 0 Å². The second-order valence-electron chi connectivity index (χ2n) is 12.0. The van der Waals surface area contributed by atoms with Gasteiger partial charge in [0.25, 0.3) is 0 Å².